The Morgan fingerprint density at radius 1 is 0.822 bits per heavy atom. The molecule has 73 heavy (non-hydrogen) atoms. The number of phosphoric acid groups is 3. The summed E-state index contributed by atoms with van der Waals surface area (Å²) in [5, 5.41) is 26.7. The zero-order chi connectivity index (χ0) is 54.1. The number of fused-ring (bicyclic) bond motifs is 1. The van der Waals surface area contributed by atoms with Crippen LogP contribution in [-0.2, 0) is 50.7 Å². The number of imidazole rings is 1. The zero-order valence-corrected chi connectivity index (χ0v) is 46.3. The summed E-state index contributed by atoms with van der Waals surface area (Å²) in [6, 6.07) is 0. The predicted octanol–water partition coefficient (Wildman–Crippen LogP) is 7.12. The molecule has 10 N–H and O–H groups in total. The molecule has 1 saturated heterocycles. The number of carbonyl (C=O) groups excluding carboxylic acids is 3. The molecule has 3 heterocycles. The molecule has 8 atom stereocenters. The minimum Gasteiger partial charge on any atom is -0.386 e. The monoisotopic (exact) mass is 1120 g/mol. The number of anilines is 1. The highest BCUT2D eigenvalue weighted by molar-refractivity contribution is 8.13. The fraction of sp³-hybridized carbons (Fsp3) is 0.822. The van der Waals surface area contributed by atoms with Gasteiger partial charge < -0.3 is 50.9 Å². The fourth-order valence-electron chi connectivity index (χ4n) is 8.14. The van der Waals surface area contributed by atoms with Crippen LogP contribution in [0.15, 0.2) is 12.7 Å². The maximum absolute atomic E-state index is 12.8. The first-order chi connectivity index (χ1) is 34.4. The van der Waals surface area contributed by atoms with E-state index >= 15 is 0 Å². The topological polar surface area (TPSA) is 364 Å². The van der Waals surface area contributed by atoms with Gasteiger partial charge in [0.05, 0.1) is 19.5 Å². The van der Waals surface area contributed by atoms with Gasteiger partial charge in [0.15, 0.2) is 22.8 Å². The lowest BCUT2D eigenvalue weighted by Crippen LogP contribution is -2.46. The molecule has 3 rings (SSSR count). The van der Waals surface area contributed by atoms with E-state index in [1.165, 1.54) is 117 Å². The number of aromatic nitrogens is 4. The SMILES string of the molecule is CCCCCCCCCCCCCCCCC(C)CCCCCC(=O)SCCNC(=O)CCNC(=O)C(O)C(C)(C)COP(=O)(O)OP(=O)(O)OCC1OC(n2cnc3c(N)ncnc32)C(O)C1OP(=O)(O)O. The molecule has 2 aromatic rings. The molecule has 24 nitrogen and oxygen atoms in total. The highest BCUT2D eigenvalue weighted by atomic mass is 32.2. The summed E-state index contributed by atoms with van der Waals surface area (Å²) in [4.78, 5) is 88.7. The van der Waals surface area contributed by atoms with Gasteiger partial charge in [-0.05, 0) is 12.3 Å². The number of ether oxygens (including phenoxy) is 1. The van der Waals surface area contributed by atoms with Crippen molar-refractivity contribution >= 4 is 69.1 Å². The van der Waals surface area contributed by atoms with E-state index in [2.05, 4.69) is 48.3 Å². The molecule has 8 unspecified atom stereocenters. The van der Waals surface area contributed by atoms with Crippen molar-refractivity contribution in [3.63, 3.8) is 0 Å². The summed E-state index contributed by atoms with van der Waals surface area (Å²) < 4.78 is 62.6. The quantitative estimate of drug-likeness (QED) is 0.0237. The third kappa shape index (κ3) is 25.5. The number of hydrogen-bond acceptors (Lipinski definition) is 18. The van der Waals surface area contributed by atoms with E-state index in [4.69, 9.17) is 19.5 Å². The number of nitrogens with two attached hydrogens (primary N) is 1. The van der Waals surface area contributed by atoms with Gasteiger partial charge in [0.1, 0.15) is 36.3 Å². The van der Waals surface area contributed by atoms with Crippen molar-refractivity contribution in [1.29, 1.82) is 0 Å². The number of thioether (sulfide) groups is 1. The van der Waals surface area contributed by atoms with Crippen LogP contribution >= 0.6 is 35.2 Å². The number of nitrogens with one attached hydrogen (secondary N) is 2. The molecule has 420 valence electrons. The predicted molar refractivity (Wildman–Crippen MR) is 274 cm³/mol. The van der Waals surface area contributed by atoms with E-state index in [0.717, 1.165) is 48.2 Å². The molecule has 1 aliphatic rings. The minimum atomic E-state index is -5.58. The van der Waals surface area contributed by atoms with Crippen LogP contribution in [0.25, 0.3) is 11.2 Å². The molecular formula is C45H82N7O17P3S. The summed E-state index contributed by atoms with van der Waals surface area (Å²) >= 11 is 1.16. The number of hydrogen-bond donors (Lipinski definition) is 9. The van der Waals surface area contributed by atoms with Crippen LogP contribution in [0.1, 0.15) is 169 Å². The molecule has 0 saturated carbocycles. The van der Waals surface area contributed by atoms with Gasteiger partial charge in [-0.3, -0.25) is 32.5 Å². The Kier molecular flexibility index (Phi) is 29.3. The average molecular weight is 1120 g/mol. The van der Waals surface area contributed by atoms with Gasteiger partial charge in [-0.2, -0.15) is 4.31 Å². The molecular weight excluding hydrogens is 1040 g/mol. The smallest absolute Gasteiger partial charge is 0.386 e. The number of aliphatic hydroxyl groups is 2. The lowest BCUT2D eigenvalue weighted by molar-refractivity contribution is -0.137. The Morgan fingerprint density at radius 2 is 1.40 bits per heavy atom. The molecule has 2 aromatic heterocycles. The number of amides is 2. The molecule has 0 bridgehead atoms. The highest BCUT2D eigenvalue weighted by Crippen LogP contribution is 2.61. The van der Waals surface area contributed by atoms with Crippen molar-refractivity contribution in [3.05, 3.63) is 12.7 Å². The van der Waals surface area contributed by atoms with E-state index in [1.54, 1.807) is 0 Å². The van der Waals surface area contributed by atoms with Crippen LogP contribution in [-0.4, -0.2) is 123 Å². The Hall–Kier alpha value is -2.44. The number of nitrogens with zero attached hydrogens (tertiary/aromatic N) is 4. The van der Waals surface area contributed by atoms with Crippen LogP contribution in [0.5, 0.6) is 0 Å². The largest absolute Gasteiger partial charge is 0.481 e. The summed E-state index contributed by atoms with van der Waals surface area (Å²) in [6.45, 7) is 5.17. The zero-order valence-electron chi connectivity index (χ0n) is 42.8. The number of carbonyl (C=O) groups is 3. The maximum atomic E-state index is 12.8. The second-order valence-corrected chi connectivity index (χ2v) is 24.8. The van der Waals surface area contributed by atoms with Crippen LogP contribution in [0.3, 0.4) is 0 Å². The lowest BCUT2D eigenvalue weighted by atomic mass is 9.87. The van der Waals surface area contributed by atoms with Crippen LogP contribution in [0.4, 0.5) is 5.82 Å². The molecule has 28 heteroatoms. The van der Waals surface area contributed by atoms with Gasteiger partial charge >= 0.3 is 23.5 Å². The number of phosphoric ester groups is 3. The molecule has 1 aliphatic heterocycles. The van der Waals surface area contributed by atoms with Gasteiger partial charge in [-0.25, -0.2) is 28.6 Å². The summed E-state index contributed by atoms with van der Waals surface area (Å²) in [5.41, 5.74) is 4.30. The maximum Gasteiger partial charge on any atom is 0.481 e. The van der Waals surface area contributed by atoms with Crippen LogP contribution in [0.2, 0.25) is 0 Å². The van der Waals surface area contributed by atoms with Gasteiger partial charge in [0.25, 0.3) is 0 Å². The molecule has 0 radical (unpaired) electrons. The van der Waals surface area contributed by atoms with E-state index in [0.29, 0.717) is 18.1 Å². The van der Waals surface area contributed by atoms with E-state index < -0.39 is 84.6 Å². The lowest BCUT2D eigenvalue weighted by Gasteiger charge is -2.30. The summed E-state index contributed by atoms with van der Waals surface area (Å²) in [5.74, 6) is -0.319. The first-order valence-corrected chi connectivity index (χ1v) is 31.0. The number of nitrogen functional groups attached to an aromatic ring is 1. The van der Waals surface area contributed by atoms with E-state index in [9.17, 15) is 57.9 Å². The van der Waals surface area contributed by atoms with Gasteiger partial charge in [0.2, 0.25) is 11.8 Å². The van der Waals surface area contributed by atoms with Crippen molar-refractivity contribution < 1.29 is 80.5 Å². The van der Waals surface area contributed by atoms with Crippen LogP contribution in [0, 0.1) is 11.3 Å². The number of aliphatic hydroxyl groups excluding tert-OH is 2. The first-order valence-electron chi connectivity index (χ1n) is 25.5. The third-order valence-electron chi connectivity index (χ3n) is 12.4. The third-order valence-corrected chi connectivity index (χ3v) is 16.4. The fourth-order valence-corrected chi connectivity index (χ4v) is 11.7. The van der Waals surface area contributed by atoms with Gasteiger partial charge in [-0.1, -0.05) is 155 Å². The van der Waals surface area contributed by atoms with Crippen molar-refractivity contribution in [1.82, 2.24) is 30.2 Å². The first kappa shape index (κ1) is 64.8. The minimum absolute atomic E-state index is 0.0343. The van der Waals surface area contributed by atoms with E-state index in [1.807, 2.05) is 0 Å². The van der Waals surface area contributed by atoms with Gasteiger partial charge in [-0.15, -0.1) is 0 Å². The molecule has 0 aliphatic carbocycles. The van der Waals surface area contributed by atoms with Crippen LogP contribution < -0.4 is 16.4 Å². The van der Waals surface area contributed by atoms with Gasteiger partial charge in [0, 0.05) is 37.1 Å². The summed E-state index contributed by atoms with van der Waals surface area (Å²) in [7, 11) is -16.4. The Bertz CT molecular complexity index is 2120. The standard InChI is InChI=1S/C45H82N7O17P3S/c1-5-6-7-8-9-10-11-12-13-14-15-16-17-19-22-33(2)23-20-18-21-24-36(54)73-28-27-47-35(53)25-26-48-43(57)40(56)45(3,4)30-66-72(63,64)69-71(61,62)65-29-34-39(68-70(58,59)60)38(55)44(67-34)52-32-51-37-41(46)49-31-50-42(37)52/h31-34,38-40,44,55-56H,5-30H2,1-4H3,(H,47,53)(H,48,57)(H,61,62)(H,63,64)(H2,46,49,50)(H2,58,59,60). The van der Waals surface area contributed by atoms with Crippen molar-refractivity contribution in [2.45, 2.75) is 193 Å². The molecule has 0 aromatic carbocycles. The molecule has 2 amide bonds. The molecule has 1 fully saturated rings. The van der Waals surface area contributed by atoms with Crippen molar-refractivity contribution in [2.24, 2.45) is 11.3 Å². The van der Waals surface area contributed by atoms with Crippen molar-refractivity contribution in [2.75, 3.05) is 37.8 Å². The Balaban J connectivity index is 1.24. The second kappa shape index (κ2) is 33.0. The number of unbranched alkanes of at least 4 members (excludes halogenated alkanes) is 15. The highest BCUT2D eigenvalue weighted by Gasteiger charge is 2.50. The Morgan fingerprint density at radius 3 is 2.00 bits per heavy atom. The number of rotatable bonds is 40. The summed E-state index contributed by atoms with van der Waals surface area (Å²) in [6.07, 6.45) is 18.1. The molecule has 0 spiro atoms. The van der Waals surface area contributed by atoms with E-state index in [-0.39, 0.29) is 41.6 Å². The average Bonchev–Trinajstić information content (AvgIpc) is 3.88. The second-order valence-electron chi connectivity index (χ2n) is 19.4. The van der Waals surface area contributed by atoms with Crippen molar-refractivity contribution in [3.8, 4) is 0 Å². The Labute approximate surface area is 433 Å². The normalized spacial score (nSPS) is 19.9.